The molecule has 0 bridgehead atoms. The Morgan fingerprint density at radius 3 is 2.00 bits per heavy atom. The lowest BCUT2D eigenvalue weighted by atomic mass is 9.98. The van der Waals surface area contributed by atoms with Crippen LogP contribution in [0.25, 0.3) is 39.5 Å². The summed E-state index contributed by atoms with van der Waals surface area (Å²) in [6.07, 6.45) is 1.74. The summed E-state index contributed by atoms with van der Waals surface area (Å²) in [5.41, 5.74) is 4.64. The third-order valence-electron chi connectivity index (χ3n) is 11.8. The molecule has 73 heavy (non-hydrogen) atoms. The quantitative estimate of drug-likeness (QED) is 0.0508. The minimum absolute atomic E-state index is 0.0119. The molecule has 5 N–H and O–H groups in total. The molecule has 0 radical (unpaired) electrons. The van der Waals surface area contributed by atoms with Crippen LogP contribution < -0.4 is 39.6 Å². The van der Waals surface area contributed by atoms with Crippen LogP contribution in [0, 0.1) is 0 Å². The van der Waals surface area contributed by atoms with Gasteiger partial charge in [0.05, 0.1) is 45.9 Å². The minimum atomic E-state index is -1.03. The summed E-state index contributed by atoms with van der Waals surface area (Å²) in [5, 5.41) is 42.6. The zero-order chi connectivity index (χ0) is 51.8. The van der Waals surface area contributed by atoms with E-state index in [0.29, 0.717) is 80.4 Å². The number of phenolic OH excluding ortho intramolecular Hbond substituents is 2. The zero-order valence-electron chi connectivity index (χ0n) is 41.1. The van der Waals surface area contributed by atoms with Crippen LogP contribution in [-0.2, 0) is 11.2 Å². The maximum absolute atomic E-state index is 14.3. The zero-order valence-corrected chi connectivity index (χ0v) is 41.1. The van der Waals surface area contributed by atoms with Gasteiger partial charge in [0.15, 0.2) is 23.1 Å². The molecule has 0 spiro atoms. The van der Waals surface area contributed by atoms with Crippen LogP contribution in [0.4, 0.5) is 5.69 Å². The van der Waals surface area contributed by atoms with Gasteiger partial charge in [-0.1, -0.05) is 55.4 Å². The normalized spacial score (nSPS) is 11.4. The molecular formula is C55H53N7O11. The molecule has 8 aromatic rings. The monoisotopic (exact) mass is 987 g/mol. The molecular weight excluding hydrogens is 935 g/mol. The lowest BCUT2D eigenvalue weighted by molar-refractivity contribution is -0.118. The predicted molar refractivity (Wildman–Crippen MR) is 272 cm³/mol. The highest BCUT2D eigenvalue weighted by atomic mass is 16.5. The predicted octanol–water partition coefficient (Wildman–Crippen LogP) is 9.35. The maximum Gasteiger partial charge on any atom is 0.289 e. The first kappa shape index (κ1) is 50.1. The summed E-state index contributed by atoms with van der Waals surface area (Å²) in [7, 11) is 6.05. The second-order valence-corrected chi connectivity index (χ2v) is 16.8. The number of amides is 3. The number of phenols is 2. The average molecular weight is 988 g/mol. The van der Waals surface area contributed by atoms with Gasteiger partial charge < -0.3 is 54.4 Å². The summed E-state index contributed by atoms with van der Waals surface area (Å²) in [6.45, 7) is 5.95. The number of nitrogens with zero attached hydrogens (tertiary/aromatic N) is 4. The van der Waals surface area contributed by atoms with Gasteiger partial charge >= 0.3 is 0 Å². The largest absolute Gasteiger partial charge is 0.508 e. The Bertz CT molecular complexity index is 3240. The number of benzene rings is 6. The third kappa shape index (κ3) is 10.9. The van der Waals surface area contributed by atoms with E-state index in [1.54, 1.807) is 92.0 Å². The van der Waals surface area contributed by atoms with Gasteiger partial charge in [-0.15, -0.1) is 10.2 Å². The maximum atomic E-state index is 14.3. The lowest BCUT2D eigenvalue weighted by Gasteiger charge is -2.20. The highest BCUT2D eigenvalue weighted by Crippen LogP contribution is 2.44. The van der Waals surface area contributed by atoms with Gasteiger partial charge in [-0.25, -0.2) is 0 Å². The van der Waals surface area contributed by atoms with Crippen molar-refractivity contribution in [3.05, 3.63) is 150 Å². The Morgan fingerprint density at radius 1 is 0.699 bits per heavy atom. The molecule has 0 saturated heterocycles. The van der Waals surface area contributed by atoms with Crippen molar-refractivity contribution in [3.8, 4) is 85.5 Å². The number of anilines is 1. The van der Waals surface area contributed by atoms with Crippen molar-refractivity contribution < 1.29 is 52.8 Å². The average Bonchev–Trinajstić information content (AvgIpc) is 4.08. The van der Waals surface area contributed by atoms with E-state index in [4.69, 9.17) is 28.2 Å². The van der Waals surface area contributed by atoms with E-state index >= 15 is 0 Å². The van der Waals surface area contributed by atoms with E-state index in [2.05, 4.69) is 31.3 Å². The second-order valence-electron chi connectivity index (χ2n) is 16.8. The van der Waals surface area contributed by atoms with Crippen LogP contribution in [-0.4, -0.2) is 88.9 Å². The molecule has 0 fully saturated rings. The van der Waals surface area contributed by atoms with E-state index < -0.39 is 23.8 Å². The Labute approximate surface area is 420 Å². The van der Waals surface area contributed by atoms with Crippen molar-refractivity contribution in [2.45, 2.75) is 39.2 Å². The van der Waals surface area contributed by atoms with E-state index in [-0.39, 0.29) is 46.6 Å². The molecule has 1 atom stereocenters. The number of hydrogen-bond donors (Lipinski definition) is 5. The topological polar surface area (TPSA) is 231 Å². The highest BCUT2D eigenvalue weighted by molar-refractivity contribution is 6.02. The number of methoxy groups -OCH3 is 4. The van der Waals surface area contributed by atoms with Gasteiger partial charge in [0.2, 0.25) is 17.5 Å². The molecule has 0 aliphatic heterocycles. The van der Waals surface area contributed by atoms with Gasteiger partial charge in [0.25, 0.3) is 11.8 Å². The molecule has 18 heteroatoms. The van der Waals surface area contributed by atoms with Crippen LogP contribution in [0.1, 0.15) is 58.8 Å². The highest BCUT2D eigenvalue weighted by Gasteiger charge is 2.27. The second kappa shape index (κ2) is 22.2. The van der Waals surface area contributed by atoms with Crippen molar-refractivity contribution in [1.82, 2.24) is 30.6 Å². The fraction of sp³-hybridized carbons (Fsp3) is 0.200. The summed E-state index contributed by atoms with van der Waals surface area (Å²) in [4.78, 5) is 41.4. The third-order valence-corrected chi connectivity index (χ3v) is 11.8. The molecule has 0 aliphatic rings. The fourth-order valence-electron chi connectivity index (χ4n) is 8.16. The lowest BCUT2D eigenvalue weighted by Crippen LogP contribution is -2.45. The van der Waals surface area contributed by atoms with E-state index in [0.717, 1.165) is 5.56 Å². The fourth-order valence-corrected chi connectivity index (χ4v) is 8.16. The van der Waals surface area contributed by atoms with Crippen molar-refractivity contribution in [1.29, 1.82) is 0 Å². The van der Waals surface area contributed by atoms with Crippen LogP contribution in [0.2, 0.25) is 0 Å². The molecule has 8 rings (SSSR count). The number of aromatic nitrogens is 4. The number of carbonyl (C=O) groups is 3. The Hall–Kier alpha value is -9.32. The van der Waals surface area contributed by atoms with Crippen LogP contribution in [0.15, 0.2) is 132 Å². The first-order valence-electron chi connectivity index (χ1n) is 23.1. The van der Waals surface area contributed by atoms with Crippen LogP contribution in [0.3, 0.4) is 0 Å². The molecule has 3 amide bonds. The molecule has 18 nitrogen and oxygen atoms in total. The summed E-state index contributed by atoms with van der Waals surface area (Å²) >= 11 is 0. The van der Waals surface area contributed by atoms with E-state index in [9.17, 15) is 24.6 Å². The molecule has 0 saturated carbocycles. The van der Waals surface area contributed by atoms with Crippen LogP contribution in [0.5, 0.6) is 46.0 Å². The Balaban J connectivity index is 1.00. The Kier molecular flexibility index (Phi) is 15.2. The molecule has 2 heterocycles. The standard InChI is InChI=1S/C55H53N7O11/c1-8-56-55(67)52-61-60-51(40-28-39(31(2)3)44(63)29-45(40)64)62(52)36-17-21-38(22-18-36)72-37-19-14-33(15-20-37)53(65)59-43(24-32-12-10-9-11-13-32)54(66)58-42-25-34(16-23-46(42)68-4)41-30-57-73-49(41)35-26-47(69-5)50(71-7)48(27-35)70-6/h9-23,25-31,43,63-64H,8,24H2,1-7H3,(H,56,67)(H,58,66)(H,59,65). The van der Waals surface area contributed by atoms with Crippen molar-refractivity contribution in [2.24, 2.45) is 0 Å². The molecule has 2 aromatic heterocycles. The molecule has 374 valence electrons. The first-order chi connectivity index (χ1) is 35.3. The SMILES string of the molecule is CCNC(=O)c1nnc(-c2cc(C(C)C)c(O)cc2O)n1-c1ccc(Oc2ccc(C(=O)NC(Cc3ccccc3)C(=O)Nc3cc(-c4cnoc4-c4cc(OC)c(OC)c(OC)c4)ccc3OC)cc2)cc1. The number of hydrogen-bond acceptors (Lipinski definition) is 14. The molecule has 0 aliphatic carbocycles. The number of rotatable bonds is 19. The minimum Gasteiger partial charge on any atom is -0.508 e. The molecule has 1 unspecified atom stereocenters. The van der Waals surface area contributed by atoms with Crippen LogP contribution >= 0.6 is 0 Å². The van der Waals surface area contributed by atoms with Gasteiger partial charge in [0, 0.05) is 41.4 Å². The summed E-state index contributed by atoms with van der Waals surface area (Å²) in [5.74, 6) is 1.23. The van der Waals surface area contributed by atoms with E-state index in [1.807, 2.05) is 50.2 Å². The van der Waals surface area contributed by atoms with Gasteiger partial charge in [-0.2, -0.15) is 0 Å². The number of ether oxygens (including phenoxy) is 5. The first-order valence-corrected chi connectivity index (χ1v) is 23.1. The van der Waals surface area contributed by atoms with E-state index in [1.165, 1.54) is 39.1 Å². The smallest absolute Gasteiger partial charge is 0.289 e. The van der Waals surface area contributed by atoms with Crippen molar-refractivity contribution in [3.63, 3.8) is 0 Å². The van der Waals surface area contributed by atoms with Crippen molar-refractivity contribution in [2.75, 3.05) is 40.3 Å². The number of carbonyl (C=O) groups excluding carboxylic acids is 3. The van der Waals surface area contributed by atoms with Gasteiger partial charge in [-0.05, 0) is 108 Å². The van der Waals surface area contributed by atoms with Crippen molar-refractivity contribution >= 4 is 23.4 Å². The van der Waals surface area contributed by atoms with Gasteiger partial charge in [-0.3, -0.25) is 19.0 Å². The Morgan fingerprint density at radius 2 is 1.37 bits per heavy atom. The van der Waals surface area contributed by atoms with Gasteiger partial charge in [0.1, 0.15) is 34.8 Å². The summed E-state index contributed by atoms with van der Waals surface area (Å²) in [6, 6.07) is 33.2. The summed E-state index contributed by atoms with van der Waals surface area (Å²) < 4.78 is 35.7. The number of aromatic hydroxyl groups is 2. The molecule has 6 aromatic carbocycles. The number of nitrogens with one attached hydrogen (secondary N) is 3.